The first-order valence-corrected chi connectivity index (χ1v) is 23.0. The predicted octanol–water partition coefficient (Wildman–Crippen LogP) is 4.26. The number of morpholine rings is 2. The number of H-pyrrole nitrogens is 1. The minimum atomic E-state index is -0.823. The molecule has 7 amide bonds. The molecule has 2 bridgehead atoms. The summed E-state index contributed by atoms with van der Waals surface area (Å²) in [5.41, 5.74) is 3.61. The lowest BCUT2D eigenvalue weighted by atomic mass is 9.51. The summed E-state index contributed by atoms with van der Waals surface area (Å²) in [6.45, 7) is 5.57. The summed E-state index contributed by atoms with van der Waals surface area (Å²) in [5.74, 6) is 0.582. The van der Waals surface area contributed by atoms with Crippen molar-refractivity contribution in [2.24, 2.45) is 5.41 Å². The van der Waals surface area contributed by atoms with Crippen molar-refractivity contribution in [1.29, 1.82) is 0 Å². The van der Waals surface area contributed by atoms with Crippen molar-refractivity contribution in [2.75, 3.05) is 78.8 Å². The molecule has 10 rings (SSSR count). The monoisotopic (exact) mass is 863 g/mol. The molecule has 4 aliphatic heterocycles. The lowest BCUT2D eigenvalue weighted by molar-refractivity contribution is -0.139. The molecule has 0 spiro atoms. The number of aromatic amines is 1. The average molecular weight is 864 g/mol. The molecule has 3 aliphatic carbocycles. The maximum absolute atomic E-state index is 14.3. The number of fused-ring (bicyclic) bond motifs is 3. The summed E-state index contributed by atoms with van der Waals surface area (Å²) >= 11 is 0. The van der Waals surface area contributed by atoms with Crippen LogP contribution in [0.4, 0.5) is 9.59 Å². The SMILES string of the molecule is O=C(NCC(=O)N1CCCC1CNC(=O)C12CCC(c3ccc(-c4cnc(C5CCCN5C(=O)C(NC(=O)N5CCOCC5)c5ccccc5)[nH]4)cc3)(CC1)CC2)N1CCOCC1. The molecule has 4 saturated heterocycles. The van der Waals surface area contributed by atoms with Gasteiger partial charge in [0, 0.05) is 57.3 Å². The summed E-state index contributed by atoms with van der Waals surface area (Å²) in [6.07, 6.45) is 10.5. The molecule has 5 heterocycles. The van der Waals surface area contributed by atoms with E-state index in [-0.39, 0.29) is 59.2 Å². The van der Waals surface area contributed by atoms with E-state index in [9.17, 15) is 24.0 Å². The van der Waals surface area contributed by atoms with Crippen LogP contribution in [0.5, 0.6) is 0 Å². The van der Waals surface area contributed by atoms with E-state index in [1.54, 1.807) is 9.80 Å². The minimum absolute atomic E-state index is 0.0389. The quantitative estimate of drug-likeness (QED) is 0.221. The zero-order chi connectivity index (χ0) is 43.4. The highest BCUT2D eigenvalue weighted by molar-refractivity contribution is 5.89. The number of ether oxygens (including phenoxy) is 2. The van der Waals surface area contributed by atoms with E-state index in [0.717, 1.165) is 86.9 Å². The Bertz CT molecular complexity index is 2090. The van der Waals surface area contributed by atoms with Gasteiger partial charge in [0.25, 0.3) is 0 Å². The van der Waals surface area contributed by atoms with Gasteiger partial charge in [0.2, 0.25) is 17.7 Å². The number of likely N-dealkylation sites (tertiary alicyclic amines) is 2. The Kier molecular flexibility index (Phi) is 12.7. The first-order chi connectivity index (χ1) is 30.7. The summed E-state index contributed by atoms with van der Waals surface area (Å²) in [7, 11) is 0. The van der Waals surface area contributed by atoms with E-state index < -0.39 is 6.04 Å². The van der Waals surface area contributed by atoms with Crippen LogP contribution in [0.3, 0.4) is 0 Å². The molecule has 7 aliphatic rings. The number of urea groups is 2. The van der Waals surface area contributed by atoms with E-state index in [2.05, 4.69) is 45.2 Å². The number of nitrogens with zero attached hydrogens (tertiary/aromatic N) is 5. The number of carbonyl (C=O) groups excluding carboxylic acids is 5. The van der Waals surface area contributed by atoms with Gasteiger partial charge < -0.3 is 50.0 Å². The van der Waals surface area contributed by atoms with Gasteiger partial charge in [0.05, 0.1) is 50.9 Å². The van der Waals surface area contributed by atoms with Crippen LogP contribution in [0.2, 0.25) is 0 Å². The molecule has 16 nitrogen and oxygen atoms in total. The Morgan fingerprint density at radius 2 is 1.37 bits per heavy atom. The van der Waals surface area contributed by atoms with Crippen LogP contribution in [0.1, 0.15) is 93.2 Å². The highest BCUT2D eigenvalue weighted by atomic mass is 16.5. The molecule has 0 radical (unpaired) electrons. The number of hydrogen-bond donors (Lipinski definition) is 4. The molecule has 336 valence electrons. The average Bonchev–Trinajstić information content (AvgIpc) is 4.15. The third-order valence-corrected chi connectivity index (χ3v) is 14.8. The van der Waals surface area contributed by atoms with Gasteiger partial charge >= 0.3 is 12.1 Å². The van der Waals surface area contributed by atoms with Gasteiger partial charge in [-0.05, 0) is 86.3 Å². The molecule has 3 unspecified atom stereocenters. The largest absolute Gasteiger partial charge is 0.378 e. The molecule has 2 aromatic carbocycles. The van der Waals surface area contributed by atoms with Gasteiger partial charge in [-0.2, -0.15) is 0 Å². The van der Waals surface area contributed by atoms with E-state index in [1.807, 2.05) is 46.3 Å². The Labute approximate surface area is 368 Å². The van der Waals surface area contributed by atoms with Crippen LogP contribution in [-0.2, 0) is 29.3 Å². The van der Waals surface area contributed by atoms with Crippen molar-refractivity contribution in [1.82, 2.24) is 45.5 Å². The number of carbonyl (C=O) groups is 5. The van der Waals surface area contributed by atoms with Gasteiger partial charge in [0.1, 0.15) is 11.9 Å². The lowest BCUT2D eigenvalue weighted by Gasteiger charge is -2.53. The lowest BCUT2D eigenvalue weighted by Crippen LogP contribution is -2.54. The van der Waals surface area contributed by atoms with Crippen molar-refractivity contribution < 1.29 is 33.4 Å². The number of aromatic nitrogens is 2. The van der Waals surface area contributed by atoms with Crippen molar-refractivity contribution in [2.45, 2.75) is 87.7 Å². The smallest absolute Gasteiger partial charge is 0.318 e. The van der Waals surface area contributed by atoms with Gasteiger partial charge in [-0.3, -0.25) is 14.4 Å². The highest BCUT2D eigenvalue weighted by Gasteiger charge is 2.53. The highest BCUT2D eigenvalue weighted by Crippen LogP contribution is 2.58. The fourth-order valence-corrected chi connectivity index (χ4v) is 10.9. The van der Waals surface area contributed by atoms with Gasteiger partial charge in [-0.25, -0.2) is 14.6 Å². The maximum Gasteiger partial charge on any atom is 0.318 e. The number of rotatable bonds is 11. The minimum Gasteiger partial charge on any atom is -0.378 e. The molecule has 3 saturated carbocycles. The summed E-state index contributed by atoms with van der Waals surface area (Å²) in [5, 5.41) is 9.06. The fraction of sp³-hybridized carbons (Fsp3) is 0.574. The molecule has 1 aromatic heterocycles. The molecule has 3 atom stereocenters. The van der Waals surface area contributed by atoms with E-state index >= 15 is 0 Å². The molecular weight excluding hydrogens is 803 g/mol. The zero-order valence-electron chi connectivity index (χ0n) is 36.2. The number of benzene rings is 2. The van der Waals surface area contributed by atoms with Crippen LogP contribution in [0, 0.1) is 5.41 Å². The van der Waals surface area contributed by atoms with Crippen LogP contribution in [0.25, 0.3) is 11.3 Å². The number of amides is 7. The van der Waals surface area contributed by atoms with E-state index in [4.69, 9.17) is 14.5 Å². The van der Waals surface area contributed by atoms with Crippen LogP contribution >= 0.6 is 0 Å². The molecule has 4 N–H and O–H groups in total. The Hall–Kier alpha value is -5.48. The van der Waals surface area contributed by atoms with E-state index in [1.165, 1.54) is 5.56 Å². The Balaban J connectivity index is 0.785. The normalized spacial score (nSPS) is 26.3. The first kappa shape index (κ1) is 42.8. The standard InChI is InChI=1S/C47H61N9O7/c57-39(32-50-44(60)53-22-26-62-27-23-53)55-20-4-8-36(55)30-49-43(59)47-17-14-46(15-18-47,16-19-47)35-12-10-33(11-13-35)37-31-48-41(51-37)38-9-5-21-56(38)42(58)40(34-6-2-1-3-7-34)52-45(61)54-24-28-63-29-25-54/h1-3,6-7,10-13,31,36,38,40H,4-5,8-9,14-30,32H2,(H,48,51)(H,49,59)(H,50,60)(H,52,61). The van der Waals surface area contributed by atoms with Crippen LogP contribution < -0.4 is 16.0 Å². The first-order valence-electron chi connectivity index (χ1n) is 23.0. The van der Waals surface area contributed by atoms with Crippen molar-refractivity contribution in [3.05, 3.63) is 77.7 Å². The Morgan fingerprint density at radius 1 is 0.730 bits per heavy atom. The van der Waals surface area contributed by atoms with Crippen molar-refractivity contribution in [3.63, 3.8) is 0 Å². The second kappa shape index (κ2) is 18.7. The third-order valence-electron chi connectivity index (χ3n) is 14.8. The fourth-order valence-electron chi connectivity index (χ4n) is 10.9. The molecular formula is C47H61N9O7. The van der Waals surface area contributed by atoms with Crippen molar-refractivity contribution in [3.8, 4) is 11.3 Å². The molecule has 3 aromatic rings. The third kappa shape index (κ3) is 9.01. The summed E-state index contributed by atoms with van der Waals surface area (Å²) < 4.78 is 10.7. The van der Waals surface area contributed by atoms with E-state index in [0.29, 0.717) is 72.2 Å². The van der Waals surface area contributed by atoms with Gasteiger partial charge in [-0.1, -0.05) is 54.6 Å². The topological polar surface area (TPSA) is 182 Å². The predicted molar refractivity (Wildman–Crippen MR) is 233 cm³/mol. The molecule has 7 fully saturated rings. The number of hydrogen-bond acceptors (Lipinski definition) is 8. The number of nitrogens with one attached hydrogen (secondary N) is 4. The van der Waals surface area contributed by atoms with Gasteiger partial charge in [-0.15, -0.1) is 0 Å². The zero-order valence-corrected chi connectivity index (χ0v) is 36.2. The molecule has 16 heteroatoms. The van der Waals surface area contributed by atoms with Crippen molar-refractivity contribution >= 4 is 29.8 Å². The number of imidazole rings is 1. The molecule has 63 heavy (non-hydrogen) atoms. The van der Waals surface area contributed by atoms with Gasteiger partial charge in [0.15, 0.2) is 0 Å². The maximum atomic E-state index is 14.3. The van der Waals surface area contributed by atoms with Crippen LogP contribution in [-0.4, -0.2) is 144 Å². The second-order valence-electron chi connectivity index (χ2n) is 18.3. The second-order valence-corrected chi connectivity index (χ2v) is 18.3. The summed E-state index contributed by atoms with van der Waals surface area (Å²) in [6, 6.07) is 16.6. The summed E-state index contributed by atoms with van der Waals surface area (Å²) in [4.78, 5) is 82.5. The van der Waals surface area contributed by atoms with Crippen LogP contribution in [0.15, 0.2) is 60.8 Å². The Morgan fingerprint density at radius 3 is 2.05 bits per heavy atom.